The van der Waals surface area contributed by atoms with Crippen LogP contribution in [-0.2, 0) is 16.0 Å². The highest BCUT2D eigenvalue weighted by molar-refractivity contribution is 5.66. The Balaban J connectivity index is 1.34. The van der Waals surface area contributed by atoms with Crippen LogP contribution in [0.15, 0.2) is 35.9 Å². The fraction of sp³-hybridized carbons (Fsp3) is 0.690. The molecule has 4 aliphatic rings. The molecule has 5 rings (SSSR count). The summed E-state index contributed by atoms with van der Waals surface area (Å²) in [5, 5.41) is 11.9. The number of hydrogen-bond acceptors (Lipinski definition) is 4. The van der Waals surface area contributed by atoms with Crippen LogP contribution < -0.4 is 0 Å². The molecule has 180 valence electrons. The van der Waals surface area contributed by atoms with E-state index in [0.717, 1.165) is 18.5 Å². The molecule has 1 aromatic carbocycles. The quantitative estimate of drug-likeness (QED) is 0.511. The minimum atomic E-state index is -0.787. The number of ether oxygens (including phenoxy) is 1. The molecule has 1 aromatic rings. The molecule has 1 saturated heterocycles. The highest BCUT2D eigenvalue weighted by Gasteiger charge is 2.53. The van der Waals surface area contributed by atoms with Crippen LogP contribution >= 0.6 is 0 Å². The van der Waals surface area contributed by atoms with Crippen molar-refractivity contribution < 1.29 is 14.6 Å². The molecule has 1 unspecified atom stereocenters. The van der Waals surface area contributed by atoms with Crippen molar-refractivity contribution in [2.75, 3.05) is 13.1 Å². The van der Waals surface area contributed by atoms with Crippen molar-refractivity contribution in [3.8, 4) is 0 Å². The smallest absolute Gasteiger partial charge is 0.303 e. The molecule has 0 aromatic heterocycles. The lowest BCUT2D eigenvalue weighted by Gasteiger charge is -2.53. The number of hydrogen-bond donors (Lipinski definition) is 1. The molecule has 4 heteroatoms. The number of carbonyl (C=O) groups excluding carboxylic acids is 1. The molecule has 0 spiro atoms. The molecule has 0 bridgehead atoms. The van der Waals surface area contributed by atoms with Gasteiger partial charge in [0, 0.05) is 37.8 Å². The predicted octanol–water partition coefficient (Wildman–Crippen LogP) is 5.10. The topological polar surface area (TPSA) is 49.8 Å². The SMILES string of the molecule is CC(=O)O[C@@H]1C[C@@]2(O)[C@H](C)CC[C@@H](C(C)CN3CCC[C@@H]4c5ccccc5C[C@@H]43)[C@H]2C=C1C. The Bertz CT molecular complexity index is 925. The second-order valence-electron chi connectivity index (χ2n) is 11.6. The summed E-state index contributed by atoms with van der Waals surface area (Å²) in [6.07, 6.45) is 8.49. The van der Waals surface area contributed by atoms with E-state index >= 15 is 0 Å². The number of fused-ring (bicyclic) bond motifs is 4. The van der Waals surface area contributed by atoms with Gasteiger partial charge in [-0.25, -0.2) is 0 Å². The van der Waals surface area contributed by atoms with Crippen LogP contribution in [0.5, 0.6) is 0 Å². The molecule has 0 radical (unpaired) electrons. The molecule has 8 atom stereocenters. The van der Waals surface area contributed by atoms with Gasteiger partial charge >= 0.3 is 5.97 Å². The number of aliphatic hydroxyl groups is 1. The average molecular weight is 452 g/mol. The van der Waals surface area contributed by atoms with E-state index in [4.69, 9.17) is 4.74 Å². The predicted molar refractivity (Wildman–Crippen MR) is 131 cm³/mol. The molecule has 1 saturated carbocycles. The number of nitrogens with zero attached hydrogens (tertiary/aromatic N) is 1. The van der Waals surface area contributed by atoms with Crippen molar-refractivity contribution in [3.05, 3.63) is 47.0 Å². The Labute approximate surface area is 199 Å². The average Bonchev–Trinajstić information content (AvgIpc) is 3.15. The van der Waals surface area contributed by atoms with E-state index in [9.17, 15) is 9.90 Å². The fourth-order valence-electron chi connectivity index (χ4n) is 7.80. The molecule has 1 N–H and O–H groups in total. The van der Waals surface area contributed by atoms with Crippen molar-refractivity contribution in [2.24, 2.45) is 23.7 Å². The number of carbonyl (C=O) groups is 1. The van der Waals surface area contributed by atoms with E-state index in [1.54, 1.807) is 11.1 Å². The van der Waals surface area contributed by atoms with Gasteiger partial charge < -0.3 is 9.84 Å². The first-order valence-corrected chi connectivity index (χ1v) is 13.2. The third-order valence-electron chi connectivity index (χ3n) is 9.63. The monoisotopic (exact) mass is 451 g/mol. The van der Waals surface area contributed by atoms with Gasteiger partial charge in [0.1, 0.15) is 6.10 Å². The first-order valence-electron chi connectivity index (χ1n) is 13.2. The van der Waals surface area contributed by atoms with E-state index in [1.807, 2.05) is 0 Å². The first kappa shape index (κ1) is 23.1. The number of piperidine rings is 1. The third kappa shape index (κ3) is 4.08. The molecular weight excluding hydrogens is 410 g/mol. The molecule has 0 amide bonds. The second-order valence-corrected chi connectivity index (χ2v) is 11.6. The Kier molecular flexibility index (Phi) is 6.20. The summed E-state index contributed by atoms with van der Waals surface area (Å²) in [5.74, 6) is 1.77. The van der Waals surface area contributed by atoms with Gasteiger partial charge in [-0.2, -0.15) is 0 Å². The lowest BCUT2D eigenvalue weighted by molar-refractivity contribution is -0.159. The zero-order valence-corrected chi connectivity index (χ0v) is 20.8. The van der Waals surface area contributed by atoms with Gasteiger partial charge in [-0.05, 0) is 80.0 Å². The number of rotatable bonds is 4. The third-order valence-corrected chi connectivity index (χ3v) is 9.63. The summed E-state index contributed by atoms with van der Waals surface area (Å²) in [6, 6.07) is 9.70. The summed E-state index contributed by atoms with van der Waals surface area (Å²) in [7, 11) is 0. The summed E-state index contributed by atoms with van der Waals surface area (Å²) in [5.41, 5.74) is 3.46. The lowest BCUT2D eigenvalue weighted by atomic mass is 9.57. The van der Waals surface area contributed by atoms with Crippen LogP contribution in [0.4, 0.5) is 0 Å². The van der Waals surface area contributed by atoms with E-state index in [0.29, 0.717) is 30.2 Å². The van der Waals surface area contributed by atoms with Crippen LogP contribution in [0.1, 0.15) is 76.8 Å². The van der Waals surface area contributed by atoms with E-state index in [-0.39, 0.29) is 23.9 Å². The Morgan fingerprint density at radius 1 is 1.27 bits per heavy atom. The zero-order valence-electron chi connectivity index (χ0n) is 20.8. The summed E-state index contributed by atoms with van der Waals surface area (Å²) < 4.78 is 5.59. The van der Waals surface area contributed by atoms with Gasteiger partial charge in [0.25, 0.3) is 0 Å². The largest absolute Gasteiger partial charge is 0.458 e. The molecular formula is C29H41NO3. The second kappa shape index (κ2) is 8.85. The highest BCUT2D eigenvalue weighted by Crippen LogP contribution is 2.52. The summed E-state index contributed by atoms with van der Waals surface area (Å²) >= 11 is 0. The molecule has 2 fully saturated rings. The van der Waals surface area contributed by atoms with Crippen LogP contribution in [0.25, 0.3) is 0 Å². The maximum absolute atomic E-state index is 11.9. The minimum Gasteiger partial charge on any atom is -0.458 e. The first-order chi connectivity index (χ1) is 15.8. The van der Waals surface area contributed by atoms with Gasteiger partial charge in [0.15, 0.2) is 0 Å². The van der Waals surface area contributed by atoms with E-state index in [2.05, 4.69) is 56.0 Å². The van der Waals surface area contributed by atoms with Crippen LogP contribution in [0, 0.1) is 23.7 Å². The molecule has 1 heterocycles. The van der Waals surface area contributed by atoms with Crippen molar-refractivity contribution in [3.63, 3.8) is 0 Å². The van der Waals surface area contributed by atoms with Crippen molar-refractivity contribution in [2.45, 2.75) is 89.9 Å². The normalized spacial score (nSPS) is 39.1. The minimum absolute atomic E-state index is 0.143. The summed E-state index contributed by atoms with van der Waals surface area (Å²) in [6.45, 7) is 10.4. The molecule has 4 nitrogen and oxygen atoms in total. The molecule has 33 heavy (non-hydrogen) atoms. The Hall–Kier alpha value is -1.65. The van der Waals surface area contributed by atoms with Crippen LogP contribution in [-0.4, -0.2) is 46.8 Å². The van der Waals surface area contributed by atoms with Crippen LogP contribution in [0.2, 0.25) is 0 Å². The van der Waals surface area contributed by atoms with Crippen molar-refractivity contribution in [1.82, 2.24) is 4.90 Å². The summed E-state index contributed by atoms with van der Waals surface area (Å²) in [4.78, 5) is 14.4. The van der Waals surface area contributed by atoms with Crippen LogP contribution in [0.3, 0.4) is 0 Å². The number of benzene rings is 1. The maximum atomic E-state index is 11.9. The fourth-order valence-corrected chi connectivity index (χ4v) is 7.80. The maximum Gasteiger partial charge on any atom is 0.303 e. The molecule has 3 aliphatic carbocycles. The lowest BCUT2D eigenvalue weighted by Crippen LogP contribution is -2.56. The van der Waals surface area contributed by atoms with E-state index < -0.39 is 5.60 Å². The highest BCUT2D eigenvalue weighted by atomic mass is 16.5. The molecule has 1 aliphatic heterocycles. The van der Waals surface area contributed by atoms with Gasteiger partial charge in [-0.1, -0.05) is 44.2 Å². The zero-order chi connectivity index (χ0) is 23.3. The number of likely N-dealkylation sites (tertiary alicyclic amines) is 1. The van der Waals surface area contributed by atoms with Crippen molar-refractivity contribution >= 4 is 5.97 Å². The van der Waals surface area contributed by atoms with E-state index in [1.165, 1.54) is 39.2 Å². The van der Waals surface area contributed by atoms with Gasteiger partial charge in [0.05, 0.1) is 5.60 Å². The van der Waals surface area contributed by atoms with Gasteiger partial charge in [0.2, 0.25) is 0 Å². The van der Waals surface area contributed by atoms with Gasteiger partial charge in [-0.15, -0.1) is 0 Å². The van der Waals surface area contributed by atoms with Gasteiger partial charge in [-0.3, -0.25) is 9.69 Å². The number of esters is 1. The standard InChI is InChI=1S/C29H41NO3/c1-18-14-26-23(12-11-20(3)29(26,32)16-28(18)33-21(4)31)19(2)17-30-13-7-10-25-24-9-6-5-8-22(24)15-27(25)30/h5-6,8-9,14,19-20,23,25-28,32H,7,10-13,15-17H2,1-4H3/t19?,20-,23+,25-,26-,27+,28-,29-/m1/s1. The Morgan fingerprint density at radius 3 is 2.85 bits per heavy atom. The van der Waals surface area contributed by atoms with Crippen molar-refractivity contribution in [1.29, 1.82) is 0 Å². The Morgan fingerprint density at radius 2 is 2.06 bits per heavy atom.